The lowest BCUT2D eigenvalue weighted by Crippen LogP contribution is -2.62. The average molecular weight is 490 g/mol. The molecular formula is C29H47NO5. The summed E-state index contributed by atoms with van der Waals surface area (Å²) >= 11 is 0. The molecule has 0 aromatic carbocycles. The zero-order chi connectivity index (χ0) is 25.2. The van der Waals surface area contributed by atoms with E-state index in [1.54, 1.807) is 0 Å². The third-order valence-corrected chi connectivity index (χ3v) is 11.4. The molecule has 0 radical (unpaired) electrons. The number of rotatable bonds is 4. The van der Waals surface area contributed by atoms with Gasteiger partial charge in [0.2, 0.25) is 0 Å². The fourth-order valence-corrected chi connectivity index (χ4v) is 9.79. The number of Topliss-reactive ketones (excluding diaryl/α,β-unsaturated/α-hetero) is 1. The van der Waals surface area contributed by atoms with Crippen molar-refractivity contribution in [3.05, 3.63) is 0 Å². The van der Waals surface area contributed by atoms with E-state index in [-0.39, 0.29) is 52.9 Å². The summed E-state index contributed by atoms with van der Waals surface area (Å²) in [5, 5.41) is 11.3. The molecule has 1 heterocycles. The second-order valence-electron chi connectivity index (χ2n) is 13.7. The second-order valence-corrected chi connectivity index (χ2v) is 13.7. The molecule has 198 valence electrons. The molecule has 0 aromatic heterocycles. The molecular weight excluding hydrogens is 442 g/mol. The van der Waals surface area contributed by atoms with E-state index in [2.05, 4.69) is 32.6 Å². The molecule has 3 unspecified atom stereocenters. The third kappa shape index (κ3) is 4.40. The van der Waals surface area contributed by atoms with Gasteiger partial charge in [-0.1, -0.05) is 13.8 Å². The van der Waals surface area contributed by atoms with E-state index in [9.17, 15) is 14.7 Å². The Morgan fingerprint density at radius 3 is 2.49 bits per heavy atom. The van der Waals surface area contributed by atoms with Crippen LogP contribution in [0.15, 0.2) is 0 Å². The van der Waals surface area contributed by atoms with Crippen LogP contribution in [0.2, 0.25) is 0 Å². The van der Waals surface area contributed by atoms with Gasteiger partial charge < -0.3 is 14.6 Å². The Hall–Kier alpha value is -0.980. The van der Waals surface area contributed by atoms with Crippen LogP contribution in [0.3, 0.4) is 0 Å². The first-order valence-corrected chi connectivity index (χ1v) is 14.2. The Bertz CT molecular complexity index is 843. The molecule has 0 aromatic rings. The molecule has 4 saturated carbocycles. The molecule has 1 saturated heterocycles. The van der Waals surface area contributed by atoms with Gasteiger partial charge in [-0.25, -0.2) is 0 Å². The van der Waals surface area contributed by atoms with Gasteiger partial charge >= 0.3 is 5.97 Å². The maximum atomic E-state index is 13.0. The fourth-order valence-electron chi connectivity index (χ4n) is 9.79. The van der Waals surface area contributed by atoms with E-state index in [0.29, 0.717) is 23.7 Å². The number of aliphatic hydroxyl groups excluding tert-OH is 1. The first-order chi connectivity index (χ1) is 16.4. The minimum atomic E-state index is -0.370. The van der Waals surface area contributed by atoms with Crippen molar-refractivity contribution < 1.29 is 24.2 Å². The van der Waals surface area contributed by atoms with E-state index in [4.69, 9.17) is 9.47 Å². The molecule has 6 nitrogen and oxygen atoms in total. The van der Waals surface area contributed by atoms with Crippen LogP contribution in [0.25, 0.3) is 0 Å². The van der Waals surface area contributed by atoms with Crippen LogP contribution in [0.4, 0.5) is 0 Å². The molecule has 35 heavy (non-hydrogen) atoms. The number of esters is 1. The van der Waals surface area contributed by atoms with Crippen LogP contribution >= 0.6 is 0 Å². The highest BCUT2D eigenvalue weighted by Gasteiger charge is 2.62. The topological polar surface area (TPSA) is 76.1 Å². The molecule has 6 heteroatoms. The predicted octanol–water partition coefficient (Wildman–Crippen LogP) is 4.23. The van der Waals surface area contributed by atoms with Crippen molar-refractivity contribution in [1.29, 1.82) is 0 Å². The number of fused-ring (bicyclic) bond motifs is 5. The molecule has 1 N–H and O–H groups in total. The summed E-state index contributed by atoms with van der Waals surface area (Å²) in [5.41, 5.74) is 0.120. The van der Waals surface area contributed by atoms with E-state index >= 15 is 0 Å². The smallest absolute Gasteiger partial charge is 0.303 e. The molecule has 0 bridgehead atoms. The van der Waals surface area contributed by atoms with Gasteiger partial charge in [0.25, 0.3) is 0 Å². The summed E-state index contributed by atoms with van der Waals surface area (Å²) in [5.74, 6) is 2.29. The molecule has 5 rings (SSSR count). The molecule has 0 spiro atoms. The summed E-state index contributed by atoms with van der Waals surface area (Å²) in [6.45, 7) is 13.1. The monoisotopic (exact) mass is 489 g/mol. The molecule has 4 aliphatic carbocycles. The largest absolute Gasteiger partial charge is 0.458 e. The maximum absolute atomic E-state index is 13.0. The zero-order valence-electron chi connectivity index (χ0n) is 22.6. The number of ether oxygens (including phenoxy) is 2. The molecule has 5 fully saturated rings. The van der Waals surface area contributed by atoms with Crippen molar-refractivity contribution >= 4 is 11.8 Å². The SMILES string of the molecule is CC(=O)OCC(=O)[C@H]1CC[C@H]2[C@@H]3CCC4CC(O)C(N5CCOC(C)(C)C5)C[C@]4(C)[C@H]3CC[C@]12C. The van der Waals surface area contributed by atoms with Crippen LogP contribution in [0, 0.1) is 40.4 Å². The van der Waals surface area contributed by atoms with Crippen molar-refractivity contribution in [3.63, 3.8) is 0 Å². The van der Waals surface area contributed by atoms with E-state index in [0.717, 1.165) is 51.8 Å². The quantitative estimate of drug-likeness (QED) is 0.596. The van der Waals surface area contributed by atoms with Crippen LogP contribution < -0.4 is 0 Å². The third-order valence-electron chi connectivity index (χ3n) is 11.4. The lowest BCUT2D eigenvalue weighted by Gasteiger charge is -2.63. The number of morpholine rings is 1. The Labute approximate surface area is 211 Å². The lowest BCUT2D eigenvalue weighted by atomic mass is 9.44. The number of ketones is 1. The number of hydrogen-bond acceptors (Lipinski definition) is 6. The van der Waals surface area contributed by atoms with Crippen molar-refractivity contribution in [2.45, 2.75) is 104 Å². The molecule has 1 aliphatic heterocycles. The predicted molar refractivity (Wildman–Crippen MR) is 134 cm³/mol. The highest BCUT2D eigenvalue weighted by atomic mass is 16.5. The van der Waals surface area contributed by atoms with Crippen molar-refractivity contribution in [2.75, 3.05) is 26.3 Å². The minimum Gasteiger partial charge on any atom is -0.458 e. The Morgan fingerprint density at radius 2 is 1.77 bits per heavy atom. The highest BCUT2D eigenvalue weighted by Crippen LogP contribution is 2.67. The van der Waals surface area contributed by atoms with Crippen LogP contribution in [0.5, 0.6) is 0 Å². The van der Waals surface area contributed by atoms with Crippen molar-refractivity contribution in [1.82, 2.24) is 4.90 Å². The molecule has 9 atom stereocenters. The summed E-state index contributed by atoms with van der Waals surface area (Å²) in [4.78, 5) is 26.8. The van der Waals surface area contributed by atoms with Gasteiger partial charge in [0.15, 0.2) is 5.78 Å². The highest BCUT2D eigenvalue weighted by molar-refractivity contribution is 5.85. The van der Waals surface area contributed by atoms with Crippen molar-refractivity contribution in [3.8, 4) is 0 Å². The Kier molecular flexibility index (Phi) is 6.67. The number of hydrogen-bond donors (Lipinski definition) is 1. The Morgan fingerprint density at radius 1 is 1.03 bits per heavy atom. The van der Waals surface area contributed by atoms with Crippen LogP contribution in [-0.4, -0.2) is 65.8 Å². The molecule has 5 aliphatic rings. The summed E-state index contributed by atoms with van der Waals surface area (Å²) in [7, 11) is 0. The van der Waals surface area contributed by atoms with Gasteiger partial charge in [-0.15, -0.1) is 0 Å². The van der Waals surface area contributed by atoms with Gasteiger partial charge in [0, 0.05) is 32.0 Å². The van der Waals surface area contributed by atoms with Gasteiger partial charge in [0.05, 0.1) is 18.3 Å². The number of aliphatic hydroxyl groups is 1. The van der Waals surface area contributed by atoms with Gasteiger partial charge in [-0.3, -0.25) is 14.5 Å². The van der Waals surface area contributed by atoms with Crippen molar-refractivity contribution in [2.24, 2.45) is 40.4 Å². The fraction of sp³-hybridized carbons (Fsp3) is 0.931. The average Bonchev–Trinajstić information content (AvgIpc) is 3.14. The first kappa shape index (κ1) is 25.7. The number of carbonyl (C=O) groups is 2. The van der Waals surface area contributed by atoms with Crippen LogP contribution in [-0.2, 0) is 19.1 Å². The van der Waals surface area contributed by atoms with Gasteiger partial charge in [0.1, 0.15) is 6.61 Å². The lowest BCUT2D eigenvalue weighted by molar-refractivity contribution is -0.170. The second kappa shape index (κ2) is 9.09. The standard InChI is InChI=1S/C29H47NO5/c1-18(31)34-16-26(33)23-9-8-21-20-7-6-19-14-25(32)24(30-12-13-35-27(2,3)17-30)15-29(19,5)22(20)10-11-28(21,23)4/h19-25,32H,6-17H2,1-5H3/t19?,20-,21-,22-,23+,24?,25?,28-,29-/m0/s1. The van der Waals surface area contributed by atoms with Gasteiger partial charge in [-0.05, 0) is 99.7 Å². The van der Waals surface area contributed by atoms with Gasteiger partial charge in [-0.2, -0.15) is 0 Å². The normalized spacial score (nSPS) is 47.3. The number of carbonyl (C=O) groups excluding carboxylic acids is 2. The zero-order valence-corrected chi connectivity index (χ0v) is 22.6. The summed E-state index contributed by atoms with van der Waals surface area (Å²) < 4.78 is 11.1. The van der Waals surface area contributed by atoms with Crippen LogP contribution in [0.1, 0.15) is 86.0 Å². The van der Waals surface area contributed by atoms with E-state index < -0.39 is 0 Å². The van der Waals surface area contributed by atoms with E-state index in [1.807, 2.05) is 0 Å². The van der Waals surface area contributed by atoms with E-state index in [1.165, 1.54) is 26.2 Å². The summed E-state index contributed by atoms with van der Waals surface area (Å²) in [6, 6.07) is 0.216. The number of nitrogens with zero attached hydrogens (tertiary/aromatic N) is 1. The Balaban J connectivity index is 1.34. The summed E-state index contributed by atoms with van der Waals surface area (Å²) in [6.07, 6.45) is 8.53. The molecule has 0 amide bonds. The minimum absolute atomic E-state index is 0.0230. The maximum Gasteiger partial charge on any atom is 0.303 e. The first-order valence-electron chi connectivity index (χ1n) is 14.2.